The standard InChI is InChI=1S/C36H49N3O5/c1-36(2,3)44-35(41)25-12-14-30-31(22-25)39-23-27(34(40)38(5)17-19-43-18-16-37-4)20-26-21-28(42-6)13-15-29(26)33(39)32(30)24-10-8-7-9-11-24/h12-15,21-22,24,27,37H,7-11,16-20,23H2,1-6H3. The smallest absolute Gasteiger partial charge is 0.338 e. The fraction of sp³-hybridized carbons (Fsp3) is 0.556. The zero-order valence-electron chi connectivity index (χ0n) is 27.3. The molecule has 2 aliphatic rings. The summed E-state index contributed by atoms with van der Waals surface area (Å²) in [5.74, 6) is 0.683. The van der Waals surface area contributed by atoms with Crippen molar-refractivity contribution in [2.75, 3.05) is 47.5 Å². The minimum absolute atomic E-state index is 0.0909. The Morgan fingerprint density at radius 3 is 2.52 bits per heavy atom. The van der Waals surface area contributed by atoms with Crippen molar-refractivity contribution in [2.24, 2.45) is 5.92 Å². The first-order valence-electron chi connectivity index (χ1n) is 16.2. The van der Waals surface area contributed by atoms with E-state index in [-0.39, 0.29) is 17.8 Å². The highest BCUT2D eigenvalue weighted by Crippen LogP contribution is 2.47. The minimum Gasteiger partial charge on any atom is -0.497 e. The van der Waals surface area contributed by atoms with Crippen molar-refractivity contribution in [3.05, 3.63) is 53.1 Å². The van der Waals surface area contributed by atoms with Crippen LogP contribution < -0.4 is 10.1 Å². The van der Waals surface area contributed by atoms with Crippen LogP contribution in [0.15, 0.2) is 36.4 Å². The van der Waals surface area contributed by atoms with Gasteiger partial charge in [0.15, 0.2) is 0 Å². The molecular formula is C36H49N3O5. The van der Waals surface area contributed by atoms with Crippen LogP contribution >= 0.6 is 0 Å². The summed E-state index contributed by atoms with van der Waals surface area (Å²) in [4.78, 5) is 29.1. The highest BCUT2D eigenvalue weighted by atomic mass is 16.6. The van der Waals surface area contributed by atoms with Gasteiger partial charge in [0.2, 0.25) is 5.91 Å². The van der Waals surface area contributed by atoms with Gasteiger partial charge in [-0.2, -0.15) is 0 Å². The summed E-state index contributed by atoms with van der Waals surface area (Å²) in [6.07, 6.45) is 6.58. The van der Waals surface area contributed by atoms with E-state index in [1.165, 1.54) is 35.9 Å². The number of hydrogen-bond donors (Lipinski definition) is 1. The van der Waals surface area contributed by atoms with Crippen LogP contribution in [-0.2, 0) is 27.2 Å². The van der Waals surface area contributed by atoms with Crippen molar-refractivity contribution >= 4 is 22.8 Å². The van der Waals surface area contributed by atoms with Crippen molar-refractivity contribution < 1.29 is 23.8 Å². The van der Waals surface area contributed by atoms with Crippen molar-refractivity contribution in [2.45, 2.75) is 77.4 Å². The van der Waals surface area contributed by atoms with Crippen molar-refractivity contribution in [3.8, 4) is 17.0 Å². The molecule has 8 heteroatoms. The van der Waals surface area contributed by atoms with E-state index in [1.54, 1.807) is 12.0 Å². The first-order chi connectivity index (χ1) is 21.1. The Morgan fingerprint density at radius 1 is 1.05 bits per heavy atom. The maximum absolute atomic E-state index is 14.1. The number of nitrogens with one attached hydrogen (secondary N) is 1. The molecule has 1 aliphatic carbocycles. The van der Waals surface area contributed by atoms with Crippen LogP contribution in [0.3, 0.4) is 0 Å². The molecule has 44 heavy (non-hydrogen) atoms. The molecule has 1 unspecified atom stereocenters. The summed E-state index contributed by atoms with van der Waals surface area (Å²) in [5, 5.41) is 4.25. The van der Waals surface area contributed by atoms with Crippen molar-refractivity contribution in [3.63, 3.8) is 0 Å². The molecule has 2 aromatic carbocycles. The van der Waals surface area contributed by atoms with Gasteiger partial charge in [0, 0.05) is 43.1 Å². The van der Waals surface area contributed by atoms with Gasteiger partial charge in [0.1, 0.15) is 11.4 Å². The fourth-order valence-electron chi connectivity index (χ4n) is 6.84. The summed E-state index contributed by atoms with van der Waals surface area (Å²) in [6, 6.07) is 12.3. The third-order valence-corrected chi connectivity index (χ3v) is 8.98. The molecule has 3 aromatic rings. The van der Waals surface area contributed by atoms with E-state index in [2.05, 4.69) is 28.1 Å². The molecule has 2 heterocycles. The number of nitrogens with zero attached hydrogens (tertiary/aromatic N) is 2. The lowest BCUT2D eigenvalue weighted by Crippen LogP contribution is -2.38. The van der Waals surface area contributed by atoms with Gasteiger partial charge in [0.25, 0.3) is 0 Å². The second-order valence-electron chi connectivity index (χ2n) is 13.3. The highest BCUT2D eigenvalue weighted by Gasteiger charge is 2.34. The first kappa shape index (κ1) is 32.0. The number of benzene rings is 2. The lowest BCUT2D eigenvalue weighted by atomic mass is 9.81. The van der Waals surface area contributed by atoms with Gasteiger partial charge < -0.3 is 29.0 Å². The summed E-state index contributed by atoms with van der Waals surface area (Å²) in [6.45, 7) is 8.59. The monoisotopic (exact) mass is 603 g/mol. The van der Waals surface area contributed by atoms with E-state index in [0.29, 0.717) is 44.2 Å². The molecule has 0 bridgehead atoms. The second-order valence-corrected chi connectivity index (χ2v) is 13.3. The SMILES string of the molecule is CNCCOCCN(C)C(=O)C1Cc2cc(OC)ccc2-c2c(C3CCCCC3)c3ccc(C(=O)OC(C)(C)C)cc3n2C1. The van der Waals surface area contributed by atoms with Crippen LogP contribution in [-0.4, -0.2) is 74.5 Å². The topological polar surface area (TPSA) is 82.0 Å². The number of carbonyl (C=O) groups excluding carboxylic acids is 2. The Morgan fingerprint density at radius 2 is 1.82 bits per heavy atom. The Hall–Kier alpha value is -3.36. The maximum atomic E-state index is 14.1. The van der Waals surface area contributed by atoms with Gasteiger partial charge in [-0.05, 0) is 94.5 Å². The number of amides is 1. The fourth-order valence-corrected chi connectivity index (χ4v) is 6.84. The van der Waals surface area contributed by atoms with Gasteiger partial charge in [-0.1, -0.05) is 25.3 Å². The third kappa shape index (κ3) is 6.97. The molecule has 0 radical (unpaired) electrons. The molecular weight excluding hydrogens is 554 g/mol. The van der Waals surface area contributed by atoms with Crippen LogP contribution in [0.1, 0.15) is 80.3 Å². The van der Waals surface area contributed by atoms with Crippen LogP contribution in [0.4, 0.5) is 0 Å². The number of methoxy groups -OCH3 is 1. The minimum atomic E-state index is -0.591. The van der Waals surface area contributed by atoms with Crippen LogP contribution in [0.25, 0.3) is 22.2 Å². The number of ether oxygens (including phenoxy) is 3. The van der Waals surface area contributed by atoms with E-state index in [1.807, 2.05) is 53.1 Å². The number of hydrogen-bond acceptors (Lipinski definition) is 6. The number of rotatable bonds is 10. The summed E-state index contributed by atoms with van der Waals surface area (Å²) in [5.41, 5.74) is 5.72. The van der Waals surface area contributed by atoms with Gasteiger partial charge in [0.05, 0.1) is 37.5 Å². The molecule has 1 aromatic heterocycles. The van der Waals surface area contributed by atoms with Gasteiger partial charge >= 0.3 is 5.97 Å². The van der Waals surface area contributed by atoms with E-state index < -0.39 is 5.60 Å². The number of carbonyl (C=O) groups is 2. The highest BCUT2D eigenvalue weighted by molar-refractivity contribution is 5.99. The van der Waals surface area contributed by atoms with Crippen molar-refractivity contribution in [1.82, 2.24) is 14.8 Å². The predicted octanol–water partition coefficient (Wildman–Crippen LogP) is 6.19. The van der Waals surface area contributed by atoms with Gasteiger partial charge in [-0.3, -0.25) is 4.79 Å². The molecule has 0 spiro atoms. The Bertz CT molecular complexity index is 1480. The lowest BCUT2D eigenvalue weighted by Gasteiger charge is -2.24. The quantitative estimate of drug-likeness (QED) is 0.220. The van der Waals surface area contributed by atoms with E-state index in [0.717, 1.165) is 41.8 Å². The normalized spacial score (nSPS) is 17.1. The first-order valence-corrected chi connectivity index (χ1v) is 16.2. The number of fused-ring (bicyclic) bond motifs is 5. The number of esters is 1. The largest absolute Gasteiger partial charge is 0.497 e. The average Bonchev–Trinajstić information content (AvgIpc) is 3.22. The second kappa shape index (κ2) is 13.7. The maximum Gasteiger partial charge on any atom is 0.338 e. The Labute approximate surface area is 262 Å². The van der Waals surface area contributed by atoms with E-state index in [4.69, 9.17) is 14.2 Å². The van der Waals surface area contributed by atoms with Crippen LogP contribution in [0.5, 0.6) is 5.75 Å². The Kier molecular flexibility index (Phi) is 10.0. The van der Waals surface area contributed by atoms with Gasteiger partial charge in [-0.25, -0.2) is 4.79 Å². The molecule has 1 N–H and O–H groups in total. The van der Waals surface area contributed by atoms with E-state index >= 15 is 0 Å². The van der Waals surface area contributed by atoms with Crippen LogP contribution in [0.2, 0.25) is 0 Å². The number of aromatic nitrogens is 1. The molecule has 1 saturated carbocycles. The summed E-state index contributed by atoms with van der Waals surface area (Å²) in [7, 11) is 5.45. The molecule has 1 aliphatic heterocycles. The van der Waals surface area contributed by atoms with Crippen LogP contribution in [0, 0.1) is 5.92 Å². The van der Waals surface area contributed by atoms with Crippen molar-refractivity contribution in [1.29, 1.82) is 0 Å². The summed E-state index contributed by atoms with van der Waals surface area (Å²) < 4.78 is 19.5. The third-order valence-electron chi connectivity index (χ3n) is 8.98. The molecule has 1 atom stereocenters. The zero-order chi connectivity index (χ0) is 31.4. The molecule has 1 fully saturated rings. The summed E-state index contributed by atoms with van der Waals surface area (Å²) >= 11 is 0. The Balaban J connectivity index is 1.63. The molecule has 1 amide bonds. The molecule has 0 saturated heterocycles. The van der Waals surface area contributed by atoms with E-state index in [9.17, 15) is 9.59 Å². The predicted molar refractivity (Wildman–Crippen MR) is 174 cm³/mol. The molecule has 8 nitrogen and oxygen atoms in total. The lowest BCUT2D eigenvalue weighted by molar-refractivity contribution is -0.135. The average molecular weight is 604 g/mol. The molecule has 238 valence electrons. The molecule has 5 rings (SSSR count). The number of likely N-dealkylation sites (N-methyl/N-ethyl adjacent to an activating group) is 2. The van der Waals surface area contributed by atoms with Gasteiger partial charge in [-0.15, -0.1) is 0 Å². The zero-order valence-corrected chi connectivity index (χ0v) is 27.3.